The molecule has 0 aromatic heterocycles. The molecule has 1 nitrogen and oxygen atoms in total. The molecule has 0 radical (unpaired) electrons. The highest BCUT2D eigenvalue weighted by Crippen LogP contribution is 2.03. The third-order valence-corrected chi connectivity index (χ3v) is 2.94. The second kappa shape index (κ2) is 6.33. The molecule has 0 aliphatic heterocycles. The van der Waals surface area contributed by atoms with Crippen molar-refractivity contribution < 1.29 is 4.74 Å². The van der Waals surface area contributed by atoms with E-state index >= 15 is 0 Å². The molecule has 0 heterocycles. The van der Waals surface area contributed by atoms with Gasteiger partial charge in [-0.25, -0.2) is 0 Å². The van der Waals surface area contributed by atoms with Crippen LogP contribution < -0.4 is 0 Å². The monoisotopic (exact) mass is 264 g/mol. The molecular formula is C4H7Br2ClO. The Balaban J connectivity index is 2.86. The summed E-state index contributed by atoms with van der Waals surface area (Å²) in [6.07, 6.45) is 0. The molecule has 50 valence electrons. The van der Waals surface area contributed by atoms with Crippen LogP contribution in [-0.2, 0) is 4.74 Å². The Morgan fingerprint density at radius 3 is 2.62 bits per heavy atom. The van der Waals surface area contributed by atoms with Crippen molar-refractivity contribution in [3.63, 3.8) is 0 Å². The van der Waals surface area contributed by atoms with Gasteiger partial charge < -0.3 is 4.74 Å². The van der Waals surface area contributed by atoms with Gasteiger partial charge in [0.25, 0.3) is 0 Å². The second-order valence-electron chi connectivity index (χ2n) is 1.23. The maximum absolute atomic E-state index is 5.24. The van der Waals surface area contributed by atoms with Crippen molar-refractivity contribution in [1.82, 2.24) is 0 Å². The maximum atomic E-state index is 5.24. The van der Waals surface area contributed by atoms with Gasteiger partial charge in [0.1, 0.15) is 6.07 Å². The van der Waals surface area contributed by atoms with E-state index in [0.29, 0.717) is 11.4 Å². The fourth-order valence-electron chi connectivity index (χ4n) is 0.217. The number of hydrogen-bond donors (Lipinski definition) is 0. The van der Waals surface area contributed by atoms with E-state index in [0.717, 1.165) is 5.33 Å². The topological polar surface area (TPSA) is 9.23 Å². The third kappa shape index (κ3) is 5.35. The number of rotatable bonds is 4. The van der Waals surface area contributed by atoms with Crippen molar-refractivity contribution in [3.05, 3.63) is 0 Å². The Bertz CT molecular complexity index is 53.3. The van der Waals surface area contributed by atoms with E-state index < -0.39 is 0 Å². The molecule has 1 atom stereocenters. The van der Waals surface area contributed by atoms with Crippen LogP contribution in [0.3, 0.4) is 0 Å². The van der Waals surface area contributed by atoms with Crippen LogP contribution in [0.15, 0.2) is 0 Å². The standard InChI is InChI=1S/C4H7Br2ClO/c5-1-4(6)2-8-3-7/h4H,1-3H2/t4-/m0/s1. The molecule has 0 bridgehead atoms. The first-order chi connectivity index (χ1) is 3.81. The minimum absolute atomic E-state index is 0.273. The fourth-order valence-corrected chi connectivity index (χ4v) is 0.680. The van der Waals surface area contributed by atoms with E-state index in [1.165, 1.54) is 0 Å². The molecule has 0 rings (SSSR count). The molecule has 0 saturated carbocycles. The van der Waals surface area contributed by atoms with E-state index in [-0.39, 0.29) is 6.07 Å². The van der Waals surface area contributed by atoms with Crippen molar-refractivity contribution in [1.29, 1.82) is 0 Å². The van der Waals surface area contributed by atoms with Crippen LogP contribution in [-0.4, -0.2) is 22.8 Å². The molecule has 0 unspecified atom stereocenters. The molecule has 0 aromatic rings. The normalized spacial score (nSPS) is 13.9. The highest BCUT2D eigenvalue weighted by atomic mass is 79.9. The zero-order chi connectivity index (χ0) is 6.41. The molecule has 0 saturated heterocycles. The summed E-state index contributed by atoms with van der Waals surface area (Å²) in [4.78, 5) is 0.376. The Morgan fingerprint density at radius 1 is 1.62 bits per heavy atom. The Kier molecular flexibility index (Phi) is 7.29. The summed E-state index contributed by atoms with van der Waals surface area (Å²) >= 11 is 11.9. The van der Waals surface area contributed by atoms with E-state index in [1.54, 1.807) is 0 Å². The molecule has 0 aromatic carbocycles. The van der Waals surface area contributed by atoms with Crippen LogP contribution in [0.1, 0.15) is 0 Å². The minimum atomic E-state index is 0.273. The lowest BCUT2D eigenvalue weighted by Crippen LogP contribution is -2.08. The molecule has 0 spiro atoms. The van der Waals surface area contributed by atoms with E-state index in [1.807, 2.05) is 0 Å². The average molecular weight is 266 g/mol. The smallest absolute Gasteiger partial charge is 0.120 e. The molecule has 8 heavy (non-hydrogen) atoms. The lowest BCUT2D eigenvalue weighted by atomic mass is 10.5. The van der Waals surface area contributed by atoms with Gasteiger partial charge in [0.2, 0.25) is 0 Å². The van der Waals surface area contributed by atoms with Gasteiger partial charge in [-0.15, -0.1) is 0 Å². The molecular weight excluding hydrogens is 259 g/mol. The number of ether oxygens (including phenoxy) is 1. The van der Waals surface area contributed by atoms with Crippen LogP contribution in [0.5, 0.6) is 0 Å². The predicted molar refractivity (Wildman–Crippen MR) is 43.2 cm³/mol. The third-order valence-electron chi connectivity index (χ3n) is 0.543. The largest absolute Gasteiger partial charge is 0.365 e. The summed E-state index contributed by atoms with van der Waals surface area (Å²) in [6, 6.07) is 0.273. The predicted octanol–water partition coefficient (Wildman–Crippen LogP) is 2.36. The van der Waals surface area contributed by atoms with Crippen LogP contribution in [0, 0.1) is 0 Å². The van der Waals surface area contributed by atoms with Crippen molar-refractivity contribution in [2.24, 2.45) is 0 Å². The summed E-state index contributed by atoms with van der Waals surface area (Å²) in [5.74, 6) is 0. The summed E-state index contributed by atoms with van der Waals surface area (Å²) in [5, 5.41) is 0.893. The highest BCUT2D eigenvalue weighted by molar-refractivity contribution is 9.12. The summed E-state index contributed by atoms with van der Waals surface area (Å²) in [6.45, 7) is 0.661. The Hall–Kier alpha value is 1.21. The number of halogens is 3. The van der Waals surface area contributed by atoms with Gasteiger partial charge in [-0.05, 0) is 0 Å². The number of alkyl halides is 3. The van der Waals surface area contributed by atoms with Gasteiger partial charge in [0.15, 0.2) is 0 Å². The van der Waals surface area contributed by atoms with Crippen molar-refractivity contribution in [2.75, 3.05) is 18.0 Å². The Morgan fingerprint density at radius 2 is 2.25 bits per heavy atom. The van der Waals surface area contributed by atoms with Crippen molar-refractivity contribution >= 4 is 43.5 Å². The molecule has 0 aliphatic carbocycles. The molecule has 0 fully saturated rings. The zero-order valence-electron chi connectivity index (χ0n) is 4.24. The Labute approximate surface area is 71.0 Å². The molecule has 0 amide bonds. The lowest BCUT2D eigenvalue weighted by molar-refractivity contribution is 0.185. The van der Waals surface area contributed by atoms with Crippen LogP contribution >= 0.6 is 43.5 Å². The van der Waals surface area contributed by atoms with E-state index in [4.69, 9.17) is 16.3 Å². The average Bonchev–Trinajstić information content (AvgIpc) is 1.83. The van der Waals surface area contributed by atoms with Crippen molar-refractivity contribution in [2.45, 2.75) is 4.83 Å². The van der Waals surface area contributed by atoms with Crippen LogP contribution in [0.25, 0.3) is 0 Å². The summed E-state index contributed by atoms with van der Waals surface area (Å²) in [7, 11) is 0. The minimum Gasteiger partial charge on any atom is -0.365 e. The SMILES string of the molecule is ClCOC[C@@H](Br)CBr. The quantitative estimate of drug-likeness (QED) is 0.710. The summed E-state index contributed by atoms with van der Waals surface area (Å²) in [5.41, 5.74) is 0. The van der Waals surface area contributed by atoms with Gasteiger partial charge in [-0.2, -0.15) is 0 Å². The number of hydrogen-bond acceptors (Lipinski definition) is 1. The second-order valence-corrected chi connectivity index (χ2v) is 3.39. The lowest BCUT2D eigenvalue weighted by Gasteiger charge is -2.02. The first-order valence-corrected chi connectivity index (χ1v) is 4.72. The van der Waals surface area contributed by atoms with Gasteiger partial charge >= 0.3 is 0 Å². The molecule has 0 N–H and O–H groups in total. The van der Waals surface area contributed by atoms with E-state index in [9.17, 15) is 0 Å². The molecule has 4 heteroatoms. The first-order valence-electron chi connectivity index (χ1n) is 2.15. The van der Waals surface area contributed by atoms with Crippen LogP contribution in [0.4, 0.5) is 0 Å². The van der Waals surface area contributed by atoms with Gasteiger partial charge in [0.05, 0.1) is 6.61 Å². The maximum Gasteiger partial charge on any atom is 0.120 e. The highest BCUT2D eigenvalue weighted by Gasteiger charge is 1.98. The summed E-state index contributed by atoms with van der Waals surface area (Å²) < 4.78 is 4.87. The van der Waals surface area contributed by atoms with Crippen molar-refractivity contribution in [3.8, 4) is 0 Å². The van der Waals surface area contributed by atoms with E-state index in [2.05, 4.69) is 31.9 Å². The first kappa shape index (κ1) is 9.21. The van der Waals surface area contributed by atoms with Crippen LogP contribution in [0.2, 0.25) is 0 Å². The fraction of sp³-hybridized carbons (Fsp3) is 1.00. The van der Waals surface area contributed by atoms with Gasteiger partial charge in [-0.3, -0.25) is 0 Å². The van der Waals surface area contributed by atoms with Gasteiger partial charge in [0, 0.05) is 10.2 Å². The zero-order valence-corrected chi connectivity index (χ0v) is 8.17. The van der Waals surface area contributed by atoms with Gasteiger partial charge in [-0.1, -0.05) is 43.5 Å². The molecule has 0 aliphatic rings.